The lowest BCUT2D eigenvalue weighted by atomic mass is 10.0. The van der Waals surface area contributed by atoms with E-state index in [0.717, 1.165) is 37.8 Å². The van der Waals surface area contributed by atoms with Gasteiger partial charge in [-0.05, 0) is 73.0 Å². The van der Waals surface area contributed by atoms with E-state index in [2.05, 4.69) is 83.4 Å². The lowest BCUT2D eigenvalue weighted by Crippen LogP contribution is -2.48. The molecule has 0 spiro atoms. The smallest absolute Gasteiger partial charge is 0.173 e. The summed E-state index contributed by atoms with van der Waals surface area (Å²) in [6.07, 6.45) is 0. The summed E-state index contributed by atoms with van der Waals surface area (Å²) in [6.45, 7) is 12.4. The van der Waals surface area contributed by atoms with Crippen LogP contribution in [0.1, 0.15) is 48.4 Å². The minimum absolute atomic E-state index is 0.00376. The molecular formula is C24H32N6O. The van der Waals surface area contributed by atoms with Crippen LogP contribution in [0, 0.1) is 13.8 Å². The number of nitrogens with zero attached hydrogens (tertiary/aromatic N) is 6. The molecule has 1 aliphatic rings. The summed E-state index contributed by atoms with van der Waals surface area (Å²) in [5.74, 6) is 1.74. The maximum Gasteiger partial charge on any atom is 0.173 e. The molecule has 1 aromatic heterocycles. The second-order valence-corrected chi connectivity index (χ2v) is 8.56. The Bertz CT molecular complexity index is 1010. The van der Waals surface area contributed by atoms with Crippen molar-refractivity contribution in [2.45, 2.75) is 39.8 Å². The molecule has 1 aliphatic heterocycles. The Labute approximate surface area is 184 Å². The van der Waals surface area contributed by atoms with Crippen molar-refractivity contribution in [3.05, 3.63) is 65.0 Å². The number of anilines is 1. The van der Waals surface area contributed by atoms with Crippen LogP contribution in [-0.2, 0) is 0 Å². The number of methoxy groups -OCH3 is 1. The Morgan fingerprint density at radius 2 is 1.65 bits per heavy atom. The minimum Gasteiger partial charge on any atom is -0.497 e. The first-order chi connectivity index (χ1) is 15.0. The number of rotatable bonds is 6. The molecule has 2 heterocycles. The maximum absolute atomic E-state index is 5.37. The Hall–Kier alpha value is -2.93. The molecule has 0 amide bonds. The summed E-state index contributed by atoms with van der Waals surface area (Å²) < 4.78 is 7.30. The second-order valence-electron chi connectivity index (χ2n) is 8.56. The standard InChI is InChI=1S/C24H32N6O/c1-17(2)30-24(25-26-27-30)23(20-8-10-21(31-5)11-9-20)29-14-12-28(13-15-29)22-16-18(3)6-7-19(22)4/h6-11,16-17,23H,12-15H2,1-5H3/t23-/m1/s1. The van der Waals surface area contributed by atoms with E-state index in [1.807, 2.05) is 16.8 Å². The van der Waals surface area contributed by atoms with Crippen LogP contribution >= 0.6 is 0 Å². The number of aryl methyl sites for hydroxylation is 2. The summed E-state index contributed by atoms with van der Waals surface area (Å²) in [7, 11) is 1.69. The highest BCUT2D eigenvalue weighted by Gasteiger charge is 2.31. The molecule has 7 heteroatoms. The Morgan fingerprint density at radius 1 is 0.935 bits per heavy atom. The van der Waals surface area contributed by atoms with E-state index in [1.54, 1.807) is 7.11 Å². The molecule has 31 heavy (non-hydrogen) atoms. The average molecular weight is 421 g/mol. The Morgan fingerprint density at radius 3 is 2.29 bits per heavy atom. The van der Waals surface area contributed by atoms with Crippen molar-refractivity contribution in [2.24, 2.45) is 0 Å². The number of ether oxygens (including phenoxy) is 1. The fourth-order valence-electron chi connectivity index (χ4n) is 4.34. The van der Waals surface area contributed by atoms with Crippen molar-refractivity contribution < 1.29 is 4.74 Å². The van der Waals surface area contributed by atoms with E-state index in [-0.39, 0.29) is 12.1 Å². The van der Waals surface area contributed by atoms with E-state index in [0.29, 0.717) is 0 Å². The van der Waals surface area contributed by atoms with E-state index in [1.165, 1.54) is 22.4 Å². The fourth-order valence-corrected chi connectivity index (χ4v) is 4.34. The lowest BCUT2D eigenvalue weighted by molar-refractivity contribution is 0.199. The number of tetrazole rings is 1. The van der Waals surface area contributed by atoms with Crippen LogP contribution in [0.4, 0.5) is 5.69 Å². The van der Waals surface area contributed by atoms with Gasteiger partial charge in [-0.3, -0.25) is 4.90 Å². The molecule has 0 saturated carbocycles. The molecule has 4 rings (SSSR count). The highest BCUT2D eigenvalue weighted by atomic mass is 16.5. The van der Waals surface area contributed by atoms with Gasteiger partial charge in [0.2, 0.25) is 0 Å². The lowest BCUT2D eigenvalue weighted by Gasteiger charge is -2.40. The molecule has 164 valence electrons. The van der Waals surface area contributed by atoms with Crippen LogP contribution < -0.4 is 9.64 Å². The first-order valence-corrected chi connectivity index (χ1v) is 11.0. The van der Waals surface area contributed by atoms with E-state index in [4.69, 9.17) is 4.74 Å². The van der Waals surface area contributed by atoms with Gasteiger partial charge in [-0.2, -0.15) is 0 Å². The monoisotopic (exact) mass is 420 g/mol. The number of hydrogen-bond donors (Lipinski definition) is 0. The number of benzene rings is 2. The first kappa shape index (κ1) is 21.3. The minimum atomic E-state index is 0.00376. The quantitative estimate of drug-likeness (QED) is 0.605. The molecule has 3 aromatic rings. The van der Waals surface area contributed by atoms with Crippen LogP contribution in [-0.4, -0.2) is 58.4 Å². The molecule has 7 nitrogen and oxygen atoms in total. The van der Waals surface area contributed by atoms with Gasteiger partial charge in [-0.25, -0.2) is 4.68 Å². The zero-order chi connectivity index (χ0) is 22.0. The Kier molecular flexibility index (Phi) is 6.23. The predicted octanol–water partition coefficient (Wildman–Crippen LogP) is 3.79. The average Bonchev–Trinajstić information content (AvgIpc) is 3.26. The molecule has 0 N–H and O–H groups in total. The number of hydrogen-bond acceptors (Lipinski definition) is 6. The van der Waals surface area contributed by atoms with Crippen molar-refractivity contribution >= 4 is 5.69 Å². The zero-order valence-corrected chi connectivity index (χ0v) is 19.1. The van der Waals surface area contributed by atoms with Crippen molar-refractivity contribution in [2.75, 3.05) is 38.2 Å². The van der Waals surface area contributed by atoms with Crippen molar-refractivity contribution in [3.8, 4) is 5.75 Å². The highest BCUT2D eigenvalue weighted by Crippen LogP contribution is 2.32. The van der Waals surface area contributed by atoms with Crippen LogP contribution in [0.3, 0.4) is 0 Å². The number of aromatic nitrogens is 4. The van der Waals surface area contributed by atoms with Gasteiger partial charge in [0, 0.05) is 31.9 Å². The third kappa shape index (κ3) is 4.42. The molecule has 0 radical (unpaired) electrons. The molecule has 1 fully saturated rings. The van der Waals surface area contributed by atoms with Gasteiger partial charge in [0.05, 0.1) is 19.2 Å². The predicted molar refractivity (Wildman–Crippen MR) is 123 cm³/mol. The van der Waals surface area contributed by atoms with Gasteiger partial charge in [0.15, 0.2) is 5.82 Å². The van der Waals surface area contributed by atoms with Crippen molar-refractivity contribution in [3.63, 3.8) is 0 Å². The third-order valence-corrected chi connectivity index (χ3v) is 6.07. The molecule has 0 bridgehead atoms. The van der Waals surface area contributed by atoms with Crippen LogP contribution in [0.15, 0.2) is 42.5 Å². The summed E-state index contributed by atoms with van der Waals surface area (Å²) in [5, 5.41) is 12.7. The highest BCUT2D eigenvalue weighted by molar-refractivity contribution is 5.55. The zero-order valence-electron chi connectivity index (χ0n) is 19.1. The molecule has 1 atom stereocenters. The third-order valence-electron chi connectivity index (χ3n) is 6.07. The van der Waals surface area contributed by atoms with Gasteiger partial charge in [0.1, 0.15) is 5.75 Å². The van der Waals surface area contributed by atoms with E-state index < -0.39 is 0 Å². The molecular weight excluding hydrogens is 388 g/mol. The van der Waals surface area contributed by atoms with Gasteiger partial charge < -0.3 is 9.64 Å². The largest absolute Gasteiger partial charge is 0.497 e. The van der Waals surface area contributed by atoms with Crippen molar-refractivity contribution in [1.82, 2.24) is 25.1 Å². The molecule has 0 unspecified atom stereocenters. The van der Waals surface area contributed by atoms with E-state index >= 15 is 0 Å². The Balaban J connectivity index is 1.62. The molecule has 2 aromatic carbocycles. The summed E-state index contributed by atoms with van der Waals surface area (Å²) in [6, 6.07) is 15.2. The van der Waals surface area contributed by atoms with Crippen molar-refractivity contribution in [1.29, 1.82) is 0 Å². The van der Waals surface area contributed by atoms with Crippen LogP contribution in [0.2, 0.25) is 0 Å². The fraction of sp³-hybridized carbons (Fsp3) is 0.458. The summed E-state index contributed by atoms with van der Waals surface area (Å²) >= 11 is 0. The van der Waals surface area contributed by atoms with E-state index in [9.17, 15) is 0 Å². The van der Waals surface area contributed by atoms with Gasteiger partial charge in [-0.15, -0.1) is 5.10 Å². The second kappa shape index (κ2) is 9.06. The normalized spacial score (nSPS) is 16.0. The molecule has 0 aliphatic carbocycles. The van der Waals surface area contributed by atoms with Gasteiger partial charge >= 0.3 is 0 Å². The van der Waals surface area contributed by atoms with Crippen LogP contribution in [0.5, 0.6) is 5.75 Å². The summed E-state index contributed by atoms with van der Waals surface area (Å²) in [5.41, 5.74) is 5.15. The molecule has 1 saturated heterocycles. The van der Waals surface area contributed by atoms with Gasteiger partial charge in [0.25, 0.3) is 0 Å². The summed E-state index contributed by atoms with van der Waals surface area (Å²) in [4.78, 5) is 4.99. The first-order valence-electron chi connectivity index (χ1n) is 11.0. The number of piperazine rings is 1. The SMILES string of the molecule is COc1ccc([C@H](c2nnnn2C(C)C)N2CCN(c3cc(C)ccc3C)CC2)cc1. The maximum atomic E-state index is 5.37. The van der Waals surface area contributed by atoms with Crippen LogP contribution in [0.25, 0.3) is 0 Å². The van der Waals surface area contributed by atoms with Gasteiger partial charge in [-0.1, -0.05) is 24.3 Å². The topological polar surface area (TPSA) is 59.3 Å².